The van der Waals surface area contributed by atoms with Gasteiger partial charge in [-0.3, -0.25) is 14.5 Å². The molecule has 4 aromatic rings. The van der Waals surface area contributed by atoms with Gasteiger partial charge in [0.05, 0.1) is 17.0 Å². The van der Waals surface area contributed by atoms with Crippen LogP contribution in [0, 0.1) is 6.92 Å². The molecule has 6 nitrogen and oxygen atoms in total. The van der Waals surface area contributed by atoms with E-state index in [1.807, 2.05) is 61.5 Å². The fourth-order valence-corrected chi connectivity index (χ4v) is 5.43. The highest BCUT2D eigenvalue weighted by Gasteiger charge is 2.35. The Morgan fingerprint density at radius 3 is 2.50 bits per heavy atom. The molecule has 1 aliphatic rings. The third kappa shape index (κ3) is 5.80. The molecule has 0 bridgehead atoms. The maximum atomic E-state index is 13.1. The van der Waals surface area contributed by atoms with Crippen molar-refractivity contribution in [2.24, 2.45) is 0 Å². The van der Waals surface area contributed by atoms with Gasteiger partial charge in [-0.25, -0.2) is 4.79 Å². The van der Waals surface area contributed by atoms with Crippen LogP contribution >= 0.6 is 11.8 Å². The van der Waals surface area contributed by atoms with Gasteiger partial charge in [-0.15, -0.1) is 0 Å². The molecule has 202 valence electrons. The maximum absolute atomic E-state index is 13.1. The van der Waals surface area contributed by atoms with Gasteiger partial charge in [-0.1, -0.05) is 80.6 Å². The topological polar surface area (TPSA) is 72.9 Å². The normalized spacial score (nSPS) is 14.4. The van der Waals surface area contributed by atoms with Crippen LogP contribution in [0.1, 0.15) is 46.8 Å². The molecule has 1 fully saturated rings. The fourth-order valence-electron chi connectivity index (χ4n) is 4.58. The summed E-state index contributed by atoms with van der Waals surface area (Å²) in [7, 11) is 0. The lowest BCUT2D eigenvalue weighted by Gasteiger charge is -2.17. The molecule has 0 aliphatic carbocycles. The summed E-state index contributed by atoms with van der Waals surface area (Å²) in [6, 6.07) is 26.1. The second-order valence-electron chi connectivity index (χ2n) is 9.83. The van der Waals surface area contributed by atoms with E-state index in [0.717, 1.165) is 39.4 Å². The number of thioether (sulfide) groups is 1. The summed E-state index contributed by atoms with van der Waals surface area (Å²) in [6.45, 7) is 6.50. The van der Waals surface area contributed by atoms with Crippen LogP contribution in [-0.2, 0) is 4.79 Å². The molecule has 0 spiro atoms. The minimum absolute atomic E-state index is 0.130. The Hall–Kier alpha value is -4.36. The zero-order valence-electron chi connectivity index (χ0n) is 22.5. The quantitative estimate of drug-likeness (QED) is 0.128. The van der Waals surface area contributed by atoms with Gasteiger partial charge in [0.2, 0.25) is 0 Å². The molecule has 0 unspecified atom stereocenters. The molecule has 0 N–H and O–H groups in total. The number of amides is 2. The summed E-state index contributed by atoms with van der Waals surface area (Å²) >= 11 is 0.862. The standard InChI is InChI=1S/C33H29NO5S/c1-21(2)25-16-15-22(3)19-29(25)38-18-17-34-31(35)30(40-33(34)37)20-24-10-5-7-14-28(24)39-32(36)27-13-8-11-23-9-4-6-12-26(23)27/h4-16,19-21H,17-18H2,1-3H3/b30-20-. The smallest absolute Gasteiger partial charge is 0.344 e. The van der Waals surface area contributed by atoms with Gasteiger partial charge < -0.3 is 9.47 Å². The molecule has 1 saturated heterocycles. The molecule has 4 aromatic carbocycles. The molecule has 2 amide bonds. The number of rotatable bonds is 8. The molecular formula is C33H29NO5S. The Labute approximate surface area is 237 Å². The Morgan fingerprint density at radius 1 is 0.925 bits per heavy atom. The SMILES string of the molecule is Cc1ccc(C(C)C)c(OCCN2C(=O)S/C(=C\c3ccccc3OC(=O)c3cccc4ccccc34)C2=O)c1. The molecule has 1 heterocycles. The van der Waals surface area contributed by atoms with Crippen LogP contribution in [0.25, 0.3) is 16.8 Å². The first-order valence-corrected chi connectivity index (χ1v) is 13.9. The van der Waals surface area contributed by atoms with E-state index in [4.69, 9.17) is 9.47 Å². The summed E-state index contributed by atoms with van der Waals surface area (Å²) < 4.78 is 11.8. The Balaban J connectivity index is 1.30. The lowest BCUT2D eigenvalue weighted by molar-refractivity contribution is -0.123. The number of aryl methyl sites for hydroxylation is 1. The largest absolute Gasteiger partial charge is 0.491 e. The van der Waals surface area contributed by atoms with E-state index in [0.29, 0.717) is 16.9 Å². The van der Waals surface area contributed by atoms with E-state index in [-0.39, 0.29) is 29.2 Å². The van der Waals surface area contributed by atoms with Gasteiger partial charge in [0.15, 0.2) is 0 Å². The van der Waals surface area contributed by atoms with Crippen molar-refractivity contribution in [3.63, 3.8) is 0 Å². The molecule has 0 saturated carbocycles. The average Bonchev–Trinajstić information content (AvgIpc) is 3.21. The second-order valence-corrected chi connectivity index (χ2v) is 10.8. The van der Waals surface area contributed by atoms with Gasteiger partial charge >= 0.3 is 5.97 Å². The number of carbonyl (C=O) groups is 3. The fraction of sp³-hybridized carbons (Fsp3) is 0.182. The molecule has 5 rings (SSSR count). The molecule has 1 aliphatic heterocycles. The Kier molecular flexibility index (Phi) is 8.03. The molecular weight excluding hydrogens is 522 g/mol. The second kappa shape index (κ2) is 11.8. The average molecular weight is 552 g/mol. The van der Waals surface area contributed by atoms with Crippen molar-refractivity contribution in [3.8, 4) is 11.5 Å². The number of nitrogens with zero attached hydrogens (tertiary/aromatic N) is 1. The molecule has 40 heavy (non-hydrogen) atoms. The summed E-state index contributed by atoms with van der Waals surface area (Å²) in [5.74, 6) is 0.447. The molecule has 7 heteroatoms. The summed E-state index contributed by atoms with van der Waals surface area (Å²) in [5.41, 5.74) is 3.13. The van der Waals surface area contributed by atoms with Crippen LogP contribution in [0.15, 0.2) is 89.8 Å². The summed E-state index contributed by atoms with van der Waals surface area (Å²) in [4.78, 5) is 40.4. The van der Waals surface area contributed by atoms with E-state index in [1.54, 1.807) is 36.4 Å². The van der Waals surface area contributed by atoms with Crippen LogP contribution in [0.4, 0.5) is 4.79 Å². The molecule has 0 atom stereocenters. The van der Waals surface area contributed by atoms with Gasteiger partial charge in [0.1, 0.15) is 18.1 Å². The van der Waals surface area contributed by atoms with E-state index in [2.05, 4.69) is 13.8 Å². The first-order chi connectivity index (χ1) is 19.3. The first-order valence-electron chi connectivity index (χ1n) is 13.1. The van der Waals surface area contributed by atoms with Gasteiger partial charge in [0.25, 0.3) is 11.1 Å². The van der Waals surface area contributed by atoms with Crippen molar-refractivity contribution in [1.29, 1.82) is 0 Å². The van der Waals surface area contributed by atoms with Gasteiger partial charge in [0, 0.05) is 5.56 Å². The number of imide groups is 1. The third-order valence-electron chi connectivity index (χ3n) is 6.65. The van der Waals surface area contributed by atoms with Crippen molar-refractivity contribution >= 4 is 45.7 Å². The zero-order valence-corrected chi connectivity index (χ0v) is 23.4. The highest BCUT2D eigenvalue weighted by atomic mass is 32.2. The number of esters is 1. The lowest BCUT2D eigenvalue weighted by Crippen LogP contribution is -2.32. The number of ether oxygens (including phenoxy) is 2. The lowest BCUT2D eigenvalue weighted by atomic mass is 10.0. The van der Waals surface area contributed by atoms with Crippen molar-refractivity contribution < 1.29 is 23.9 Å². The Morgan fingerprint density at radius 2 is 1.68 bits per heavy atom. The van der Waals surface area contributed by atoms with Crippen molar-refractivity contribution in [3.05, 3.63) is 112 Å². The minimum atomic E-state index is -0.500. The van der Waals surface area contributed by atoms with Crippen LogP contribution in [0.5, 0.6) is 11.5 Å². The Bertz CT molecular complexity index is 1640. The van der Waals surface area contributed by atoms with Crippen molar-refractivity contribution in [2.75, 3.05) is 13.2 Å². The molecule has 0 aromatic heterocycles. The predicted molar refractivity (Wildman–Crippen MR) is 159 cm³/mol. The van der Waals surface area contributed by atoms with Gasteiger partial charge in [-0.05, 0) is 70.8 Å². The number of hydrogen-bond acceptors (Lipinski definition) is 6. The monoisotopic (exact) mass is 551 g/mol. The first kappa shape index (κ1) is 27.2. The van der Waals surface area contributed by atoms with E-state index in [9.17, 15) is 14.4 Å². The van der Waals surface area contributed by atoms with Crippen molar-refractivity contribution in [1.82, 2.24) is 4.90 Å². The maximum Gasteiger partial charge on any atom is 0.344 e. The summed E-state index contributed by atoms with van der Waals surface area (Å²) in [6.07, 6.45) is 1.59. The van der Waals surface area contributed by atoms with Crippen LogP contribution < -0.4 is 9.47 Å². The third-order valence-corrected chi connectivity index (χ3v) is 7.56. The van der Waals surface area contributed by atoms with Crippen LogP contribution in [0.3, 0.4) is 0 Å². The van der Waals surface area contributed by atoms with Crippen LogP contribution in [0.2, 0.25) is 0 Å². The highest BCUT2D eigenvalue weighted by Crippen LogP contribution is 2.34. The number of carbonyl (C=O) groups excluding carboxylic acids is 3. The number of fused-ring (bicyclic) bond motifs is 1. The van der Waals surface area contributed by atoms with Crippen LogP contribution in [-0.4, -0.2) is 35.2 Å². The minimum Gasteiger partial charge on any atom is -0.491 e. The zero-order chi connectivity index (χ0) is 28.2. The number of para-hydroxylation sites is 1. The molecule has 0 radical (unpaired) electrons. The van der Waals surface area contributed by atoms with E-state index >= 15 is 0 Å². The predicted octanol–water partition coefficient (Wildman–Crippen LogP) is 7.61. The van der Waals surface area contributed by atoms with E-state index < -0.39 is 11.9 Å². The van der Waals surface area contributed by atoms with Gasteiger partial charge in [-0.2, -0.15) is 0 Å². The van der Waals surface area contributed by atoms with E-state index in [1.165, 1.54) is 4.90 Å². The number of benzene rings is 4. The summed E-state index contributed by atoms with van der Waals surface area (Å²) in [5, 5.41) is 1.37. The number of hydrogen-bond donors (Lipinski definition) is 0. The highest BCUT2D eigenvalue weighted by molar-refractivity contribution is 8.18. The van der Waals surface area contributed by atoms with Crippen molar-refractivity contribution in [2.45, 2.75) is 26.7 Å².